The van der Waals surface area contributed by atoms with Crippen LogP contribution in [0.15, 0.2) is 29.6 Å². The van der Waals surface area contributed by atoms with Gasteiger partial charge in [-0.3, -0.25) is 0 Å². The maximum Gasteiger partial charge on any atom is 0.183 e. The van der Waals surface area contributed by atoms with E-state index in [0.717, 1.165) is 22.9 Å². The average Bonchev–Trinajstić information content (AvgIpc) is 2.73. The molecular formula is C12H13ClN2S. The molecule has 0 aliphatic rings. The Labute approximate surface area is 104 Å². The van der Waals surface area contributed by atoms with Gasteiger partial charge in [0.25, 0.3) is 0 Å². The molecule has 1 N–H and O–H groups in total. The van der Waals surface area contributed by atoms with E-state index < -0.39 is 0 Å². The van der Waals surface area contributed by atoms with Crippen LogP contribution in [0, 0.1) is 6.92 Å². The van der Waals surface area contributed by atoms with Gasteiger partial charge in [0.05, 0.1) is 5.69 Å². The molecule has 0 bridgehead atoms. The normalized spacial score (nSPS) is 10.4. The molecule has 0 fully saturated rings. The zero-order chi connectivity index (χ0) is 11.4. The monoisotopic (exact) mass is 252 g/mol. The molecule has 1 aromatic carbocycles. The van der Waals surface area contributed by atoms with E-state index in [0.29, 0.717) is 5.88 Å². The minimum absolute atomic E-state index is 0.560. The van der Waals surface area contributed by atoms with Gasteiger partial charge in [0.2, 0.25) is 0 Å². The number of aromatic nitrogens is 1. The average molecular weight is 253 g/mol. The molecule has 0 saturated heterocycles. The fourth-order valence-corrected chi connectivity index (χ4v) is 2.29. The predicted octanol–water partition coefficient (Wildman–Crippen LogP) is 3.80. The van der Waals surface area contributed by atoms with Crippen molar-refractivity contribution in [2.75, 3.05) is 5.32 Å². The number of aryl methyl sites for hydroxylation is 1. The summed E-state index contributed by atoms with van der Waals surface area (Å²) in [5.74, 6) is 0.560. The number of halogens is 1. The quantitative estimate of drug-likeness (QED) is 0.838. The van der Waals surface area contributed by atoms with Crippen molar-refractivity contribution in [1.82, 2.24) is 4.98 Å². The lowest BCUT2D eigenvalue weighted by molar-refractivity contribution is 1.11. The van der Waals surface area contributed by atoms with E-state index in [1.165, 1.54) is 5.56 Å². The molecule has 0 aliphatic carbocycles. The first-order chi connectivity index (χ1) is 7.78. The summed E-state index contributed by atoms with van der Waals surface area (Å²) in [6, 6.07) is 8.26. The molecule has 0 atom stereocenters. The Kier molecular flexibility index (Phi) is 3.80. The first kappa shape index (κ1) is 11.4. The Hall–Kier alpha value is -1.06. The van der Waals surface area contributed by atoms with Crippen molar-refractivity contribution in [2.24, 2.45) is 0 Å². The van der Waals surface area contributed by atoms with Gasteiger partial charge in [-0.25, -0.2) is 4.98 Å². The van der Waals surface area contributed by atoms with Crippen molar-refractivity contribution in [2.45, 2.75) is 19.3 Å². The number of rotatable bonds is 4. The second kappa shape index (κ2) is 5.32. The van der Waals surface area contributed by atoms with E-state index in [9.17, 15) is 0 Å². The minimum atomic E-state index is 0.560. The first-order valence-corrected chi connectivity index (χ1v) is 6.49. The van der Waals surface area contributed by atoms with Gasteiger partial charge in [-0.1, -0.05) is 24.3 Å². The van der Waals surface area contributed by atoms with Crippen LogP contribution < -0.4 is 5.32 Å². The fourth-order valence-electron chi connectivity index (χ4n) is 1.44. The van der Waals surface area contributed by atoms with Crippen molar-refractivity contribution in [3.63, 3.8) is 0 Å². The fraction of sp³-hybridized carbons (Fsp3) is 0.250. The molecule has 0 amide bonds. The summed E-state index contributed by atoms with van der Waals surface area (Å²) >= 11 is 7.42. The number of alkyl halides is 1. The molecule has 2 rings (SSSR count). The SMILES string of the molecule is Cc1csc(NCc2cccc(CCl)c2)n1. The van der Waals surface area contributed by atoms with Gasteiger partial charge in [0.1, 0.15) is 0 Å². The second-order valence-electron chi connectivity index (χ2n) is 3.60. The zero-order valence-electron chi connectivity index (χ0n) is 9.03. The molecule has 0 spiro atoms. The molecule has 0 aliphatic heterocycles. The zero-order valence-corrected chi connectivity index (χ0v) is 10.6. The van der Waals surface area contributed by atoms with Crippen LogP contribution >= 0.6 is 22.9 Å². The lowest BCUT2D eigenvalue weighted by Gasteiger charge is -2.04. The second-order valence-corrected chi connectivity index (χ2v) is 4.73. The van der Waals surface area contributed by atoms with Crippen LogP contribution in [0.5, 0.6) is 0 Å². The summed E-state index contributed by atoms with van der Waals surface area (Å²) in [6.45, 7) is 2.79. The summed E-state index contributed by atoms with van der Waals surface area (Å²) in [7, 11) is 0. The van der Waals surface area contributed by atoms with Crippen LogP contribution in [0.3, 0.4) is 0 Å². The summed E-state index contributed by atoms with van der Waals surface area (Å²) in [5.41, 5.74) is 3.43. The number of hydrogen-bond acceptors (Lipinski definition) is 3. The molecule has 84 valence electrons. The molecule has 1 aromatic heterocycles. The molecule has 2 aromatic rings. The highest BCUT2D eigenvalue weighted by Gasteiger charge is 1.99. The molecule has 4 heteroatoms. The third-order valence-corrected chi connectivity index (χ3v) is 3.43. The highest BCUT2D eigenvalue weighted by atomic mass is 35.5. The summed E-state index contributed by atoms with van der Waals surface area (Å²) in [5, 5.41) is 6.30. The van der Waals surface area contributed by atoms with Crippen LogP contribution in [-0.4, -0.2) is 4.98 Å². The standard InChI is InChI=1S/C12H13ClN2S/c1-9-8-16-12(15-9)14-7-11-4-2-3-10(5-11)6-13/h2-5,8H,6-7H2,1H3,(H,14,15). The molecule has 0 radical (unpaired) electrons. The maximum atomic E-state index is 5.79. The lowest BCUT2D eigenvalue weighted by Crippen LogP contribution is -1.99. The van der Waals surface area contributed by atoms with Crippen molar-refractivity contribution in [1.29, 1.82) is 0 Å². The van der Waals surface area contributed by atoms with Crippen LogP contribution in [0.1, 0.15) is 16.8 Å². The Bertz CT molecular complexity index is 468. The van der Waals surface area contributed by atoms with Gasteiger partial charge >= 0.3 is 0 Å². The maximum absolute atomic E-state index is 5.79. The van der Waals surface area contributed by atoms with E-state index in [1.54, 1.807) is 11.3 Å². The van der Waals surface area contributed by atoms with E-state index in [-0.39, 0.29) is 0 Å². The lowest BCUT2D eigenvalue weighted by atomic mass is 10.1. The van der Waals surface area contributed by atoms with Crippen molar-refractivity contribution >= 4 is 28.1 Å². The van der Waals surface area contributed by atoms with Gasteiger partial charge in [-0.05, 0) is 18.1 Å². The van der Waals surface area contributed by atoms with Gasteiger partial charge < -0.3 is 5.32 Å². The van der Waals surface area contributed by atoms with Crippen LogP contribution in [0.25, 0.3) is 0 Å². The number of nitrogens with one attached hydrogen (secondary N) is 1. The van der Waals surface area contributed by atoms with Crippen molar-refractivity contribution in [3.8, 4) is 0 Å². The Morgan fingerprint density at radius 1 is 1.38 bits per heavy atom. The van der Waals surface area contributed by atoms with E-state index in [1.807, 2.05) is 24.4 Å². The molecule has 2 nitrogen and oxygen atoms in total. The summed E-state index contributed by atoms with van der Waals surface area (Å²) < 4.78 is 0. The summed E-state index contributed by atoms with van der Waals surface area (Å²) in [4.78, 5) is 4.35. The molecule has 16 heavy (non-hydrogen) atoms. The predicted molar refractivity (Wildman–Crippen MR) is 70.2 cm³/mol. The molecule has 0 unspecified atom stereocenters. The highest BCUT2D eigenvalue weighted by molar-refractivity contribution is 7.13. The minimum Gasteiger partial charge on any atom is -0.357 e. The topological polar surface area (TPSA) is 24.9 Å². The van der Waals surface area contributed by atoms with E-state index in [4.69, 9.17) is 11.6 Å². The number of anilines is 1. The van der Waals surface area contributed by atoms with Gasteiger partial charge in [0.15, 0.2) is 5.13 Å². The molecule has 1 heterocycles. The van der Waals surface area contributed by atoms with Crippen molar-refractivity contribution < 1.29 is 0 Å². The Balaban J connectivity index is 1.99. The number of benzene rings is 1. The van der Waals surface area contributed by atoms with E-state index in [2.05, 4.69) is 22.4 Å². The smallest absolute Gasteiger partial charge is 0.183 e. The van der Waals surface area contributed by atoms with Gasteiger partial charge in [-0.15, -0.1) is 22.9 Å². The van der Waals surface area contributed by atoms with Crippen molar-refractivity contribution in [3.05, 3.63) is 46.5 Å². The molecule has 0 saturated carbocycles. The van der Waals surface area contributed by atoms with Crippen LogP contribution in [0.2, 0.25) is 0 Å². The largest absolute Gasteiger partial charge is 0.357 e. The van der Waals surface area contributed by atoms with Crippen LogP contribution in [-0.2, 0) is 12.4 Å². The Morgan fingerprint density at radius 2 is 2.19 bits per heavy atom. The Morgan fingerprint density at radius 3 is 2.88 bits per heavy atom. The first-order valence-electron chi connectivity index (χ1n) is 5.08. The number of nitrogens with zero attached hydrogens (tertiary/aromatic N) is 1. The van der Waals surface area contributed by atoms with Gasteiger partial charge in [-0.2, -0.15) is 0 Å². The summed E-state index contributed by atoms with van der Waals surface area (Å²) in [6.07, 6.45) is 0. The van der Waals surface area contributed by atoms with E-state index >= 15 is 0 Å². The third kappa shape index (κ3) is 2.97. The highest BCUT2D eigenvalue weighted by Crippen LogP contribution is 2.16. The third-order valence-electron chi connectivity index (χ3n) is 2.21. The van der Waals surface area contributed by atoms with Crippen LogP contribution in [0.4, 0.5) is 5.13 Å². The molecular weight excluding hydrogens is 240 g/mol. The van der Waals surface area contributed by atoms with Gasteiger partial charge in [0, 0.05) is 17.8 Å². The number of thiazole rings is 1. The number of hydrogen-bond donors (Lipinski definition) is 1.